The fourth-order valence-electron chi connectivity index (χ4n) is 3.75. The van der Waals surface area contributed by atoms with Gasteiger partial charge in [-0.1, -0.05) is 58.4 Å². The second kappa shape index (κ2) is 8.62. The second-order valence-electron chi connectivity index (χ2n) is 7.08. The van der Waals surface area contributed by atoms with Gasteiger partial charge in [0.15, 0.2) is 5.78 Å². The van der Waals surface area contributed by atoms with Crippen molar-refractivity contribution in [2.24, 2.45) is 0 Å². The Hall–Kier alpha value is -2.63. The van der Waals surface area contributed by atoms with Crippen LogP contribution < -0.4 is 5.56 Å². The number of pyridine rings is 1. The molecule has 1 aromatic heterocycles. The fraction of sp³-hybridized carbons (Fsp3) is 0.120. The van der Waals surface area contributed by atoms with E-state index in [0.29, 0.717) is 17.6 Å². The Balaban J connectivity index is 2.05. The number of hydrogen-bond donors (Lipinski definition) is 0. The Bertz CT molecular complexity index is 1300. The van der Waals surface area contributed by atoms with Gasteiger partial charge >= 0.3 is 0 Å². The molecule has 4 aromatic rings. The molecule has 5 heteroatoms. The van der Waals surface area contributed by atoms with Crippen LogP contribution in [0.15, 0.2) is 87.0 Å². The zero-order valence-electron chi connectivity index (χ0n) is 16.7. The van der Waals surface area contributed by atoms with Gasteiger partial charge in [0, 0.05) is 27.2 Å². The number of fused-ring (bicyclic) bond motifs is 1. The van der Waals surface area contributed by atoms with Gasteiger partial charge in [-0.2, -0.15) is 0 Å². The molecule has 0 aliphatic heterocycles. The van der Waals surface area contributed by atoms with Gasteiger partial charge < -0.3 is 0 Å². The van der Waals surface area contributed by atoms with E-state index in [9.17, 15) is 9.59 Å². The number of ketones is 1. The zero-order valence-corrected chi connectivity index (χ0v) is 19.1. The number of carbonyl (C=O) groups is 1. The van der Waals surface area contributed by atoms with Crippen LogP contribution in [0.1, 0.15) is 23.0 Å². The predicted molar refractivity (Wildman–Crippen MR) is 129 cm³/mol. The highest BCUT2D eigenvalue weighted by Gasteiger charge is 2.21. The number of hydrogen-bond acceptors (Lipinski definition) is 3. The van der Waals surface area contributed by atoms with E-state index < -0.39 is 0 Å². The van der Waals surface area contributed by atoms with Crippen LogP contribution in [0.5, 0.6) is 0 Å². The first-order valence-corrected chi connectivity index (χ1v) is 11.6. The van der Waals surface area contributed by atoms with E-state index in [1.165, 1.54) is 6.92 Å². The Morgan fingerprint density at radius 2 is 1.67 bits per heavy atom. The van der Waals surface area contributed by atoms with Crippen LogP contribution in [0.3, 0.4) is 0 Å². The number of rotatable bonds is 5. The van der Waals surface area contributed by atoms with E-state index in [4.69, 9.17) is 0 Å². The van der Waals surface area contributed by atoms with Crippen LogP contribution in [0, 0.1) is 0 Å². The van der Waals surface area contributed by atoms with Crippen molar-refractivity contribution in [2.75, 3.05) is 6.26 Å². The summed E-state index contributed by atoms with van der Waals surface area (Å²) >= 11 is 5.19. The topological polar surface area (TPSA) is 39.1 Å². The Labute approximate surface area is 187 Å². The minimum Gasteiger partial charge on any atom is -0.300 e. The molecule has 0 atom stereocenters. The molecule has 0 aliphatic carbocycles. The van der Waals surface area contributed by atoms with Crippen LogP contribution in [-0.4, -0.2) is 16.6 Å². The lowest BCUT2D eigenvalue weighted by atomic mass is 9.95. The highest BCUT2D eigenvalue weighted by atomic mass is 79.9. The lowest BCUT2D eigenvalue weighted by Crippen LogP contribution is -2.27. The first-order chi connectivity index (χ1) is 14.5. The maximum absolute atomic E-state index is 13.5. The van der Waals surface area contributed by atoms with E-state index in [2.05, 4.69) is 15.9 Å². The molecule has 0 N–H and O–H groups in total. The smallest absolute Gasteiger partial charge is 0.259 e. The zero-order chi connectivity index (χ0) is 21.3. The van der Waals surface area contributed by atoms with Crippen molar-refractivity contribution < 1.29 is 4.79 Å². The quantitative estimate of drug-likeness (QED) is 0.246. The van der Waals surface area contributed by atoms with Gasteiger partial charge in [0.1, 0.15) is 0 Å². The monoisotopic (exact) mass is 477 g/mol. The normalized spacial score (nSPS) is 11.0. The van der Waals surface area contributed by atoms with Crippen molar-refractivity contribution in [3.63, 3.8) is 0 Å². The SMILES string of the molecule is CSc1ccc(Cn2c(C(C)=O)c(-c3ccccc3)c3cc(Br)ccc3c2=O)cc1. The largest absolute Gasteiger partial charge is 0.300 e. The molecule has 0 unspecified atom stereocenters. The molecule has 0 fully saturated rings. The third-order valence-corrected chi connectivity index (χ3v) is 6.37. The molecule has 30 heavy (non-hydrogen) atoms. The molecular formula is C25H20BrNO2S. The van der Waals surface area contributed by atoms with Gasteiger partial charge in [0.05, 0.1) is 12.2 Å². The Kier molecular flexibility index (Phi) is 5.93. The molecule has 150 valence electrons. The summed E-state index contributed by atoms with van der Waals surface area (Å²) in [4.78, 5) is 27.5. The van der Waals surface area contributed by atoms with E-state index in [-0.39, 0.29) is 11.3 Å². The van der Waals surface area contributed by atoms with Crippen molar-refractivity contribution in [1.82, 2.24) is 4.57 Å². The molecule has 0 amide bonds. The summed E-state index contributed by atoms with van der Waals surface area (Å²) in [5, 5.41) is 1.38. The van der Waals surface area contributed by atoms with E-state index in [1.54, 1.807) is 16.3 Å². The van der Waals surface area contributed by atoms with E-state index >= 15 is 0 Å². The predicted octanol–water partition coefficient (Wildman–Crippen LogP) is 6.40. The molecule has 0 radical (unpaired) electrons. The van der Waals surface area contributed by atoms with Crippen LogP contribution in [0.25, 0.3) is 21.9 Å². The molecule has 0 bridgehead atoms. The van der Waals surface area contributed by atoms with Crippen molar-refractivity contribution in [3.05, 3.63) is 98.9 Å². The van der Waals surface area contributed by atoms with Gasteiger partial charge in [-0.3, -0.25) is 14.2 Å². The summed E-state index contributed by atoms with van der Waals surface area (Å²) in [5.74, 6) is -0.131. The lowest BCUT2D eigenvalue weighted by Gasteiger charge is -2.19. The third kappa shape index (κ3) is 3.87. The van der Waals surface area contributed by atoms with Crippen molar-refractivity contribution in [1.29, 1.82) is 0 Å². The van der Waals surface area contributed by atoms with Crippen molar-refractivity contribution in [2.45, 2.75) is 18.4 Å². The molecule has 0 saturated carbocycles. The number of benzene rings is 3. The summed E-state index contributed by atoms with van der Waals surface area (Å²) in [6.07, 6.45) is 2.03. The minimum absolute atomic E-state index is 0.131. The third-order valence-electron chi connectivity index (χ3n) is 5.13. The van der Waals surface area contributed by atoms with Crippen LogP contribution >= 0.6 is 27.7 Å². The second-order valence-corrected chi connectivity index (χ2v) is 8.87. The number of thioether (sulfide) groups is 1. The fourth-order valence-corrected chi connectivity index (χ4v) is 4.52. The van der Waals surface area contributed by atoms with E-state index in [0.717, 1.165) is 31.4 Å². The Morgan fingerprint density at radius 3 is 2.30 bits per heavy atom. The van der Waals surface area contributed by atoms with Gasteiger partial charge in [-0.05, 0) is 53.1 Å². The van der Waals surface area contributed by atoms with Crippen molar-refractivity contribution in [3.8, 4) is 11.1 Å². The average Bonchev–Trinajstić information content (AvgIpc) is 2.76. The van der Waals surface area contributed by atoms with Gasteiger partial charge in [0.2, 0.25) is 0 Å². The first kappa shape index (κ1) is 20.6. The summed E-state index contributed by atoms with van der Waals surface area (Å²) < 4.78 is 2.49. The first-order valence-electron chi connectivity index (χ1n) is 9.55. The Morgan fingerprint density at radius 1 is 0.967 bits per heavy atom. The molecule has 4 rings (SSSR count). The summed E-state index contributed by atoms with van der Waals surface area (Å²) in [6.45, 7) is 1.87. The summed E-state index contributed by atoms with van der Waals surface area (Å²) in [7, 11) is 0. The maximum atomic E-state index is 13.5. The van der Waals surface area contributed by atoms with Crippen LogP contribution in [-0.2, 0) is 6.54 Å². The molecular weight excluding hydrogens is 458 g/mol. The number of aromatic nitrogens is 1. The maximum Gasteiger partial charge on any atom is 0.259 e. The molecule has 3 nitrogen and oxygen atoms in total. The highest BCUT2D eigenvalue weighted by Crippen LogP contribution is 2.33. The molecule has 3 aromatic carbocycles. The average molecular weight is 478 g/mol. The van der Waals surface area contributed by atoms with E-state index in [1.807, 2.05) is 79.1 Å². The minimum atomic E-state index is -0.156. The van der Waals surface area contributed by atoms with Crippen LogP contribution in [0.4, 0.5) is 0 Å². The van der Waals surface area contributed by atoms with Gasteiger partial charge in [0.25, 0.3) is 5.56 Å². The van der Waals surface area contributed by atoms with Crippen molar-refractivity contribution >= 4 is 44.2 Å². The summed E-state index contributed by atoms with van der Waals surface area (Å²) in [6, 6.07) is 23.5. The molecule has 0 spiro atoms. The lowest BCUT2D eigenvalue weighted by molar-refractivity contribution is 0.100. The van der Waals surface area contributed by atoms with Gasteiger partial charge in [-0.25, -0.2) is 0 Å². The number of carbonyl (C=O) groups excluding carboxylic acids is 1. The number of nitrogens with zero attached hydrogens (tertiary/aromatic N) is 1. The molecule has 1 heterocycles. The van der Waals surface area contributed by atoms with Crippen LogP contribution in [0.2, 0.25) is 0 Å². The molecule has 0 saturated heterocycles. The standard InChI is InChI=1S/C25H20BrNO2S/c1-16(28)24-23(18-6-4-3-5-7-18)22-14-19(26)10-13-21(22)25(29)27(24)15-17-8-11-20(30-2)12-9-17/h3-14H,15H2,1-2H3. The highest BCUT2D eigenvalue weighted by molar-refractivity contribution is 9.10. The summed E-state index contributed by atoms with van der Waals surface area (Å²) in [5.41, 5.74) is 2.96. The van der Waals surface area contributed by atoms with Gasteiger partial charge in [-0.15, -0.1) is 11.8 Å². The number of halogens is 1. The number of Topliss-reactive ketones (excluding diaryl/α,β-unsaturated/α-hetero) is 1. The molecule has 0 aliphatic rings.